The number of aromatic nitrogens is 1. The van der Waals surface area contributed by atoms with Gasteiger partial charge in [-0.3, -0.25) is 24.3 Å². The minimum atomic E-state index is -1.03. The first-order valence-electron chi connectivity index (χ1n) is 5.60. The third kappa shape index (κ3) is 1.85. The van der Waals surface area contributed by atoms with Gasteiger partial charge >= 0.3 is 5.97 Å². The Balaban J connectivity index is 2.35. The predicted octanol–water partition coefficient (Wildman–Crippen LogP) is 0.931. The Morgan fingerprint density at radius 3 is 2.61 bits per heavy atom. The number of rotatable bonds is 4. The molecule has 0 saturated carbocycles. The van der Waals surface area contributed by atoms with Gasteiger partial charge in [0.05, 0.1) is 23.6 Å². The standard InChI is InChI=1S/C12H12N2O4/c1-2-7(5-10(15)16)14-11(17)8-3-4-13-6-9(8)12(14)18/h3-4,6-7H,2,5H2,1H3,(H,15,16). The fourth-order valence-corrected chi connectivity index (χ4v) is 2.05. The SMILES string of the molecule is CCC(CC(=O)O)N1C(=O)c2ccncc2C1=O. The molecule has 1 aromatic rings. The van der Waals surface area contributed by atoms with E-state index in [0.717, 1.165) is 4.90 Å². The molecule has 0 spiro atoms. The molecule has 2 rings (SSSR count). The molecule has 0 aliphatic carbocycles. The Morgan fingerprint density at radius 2 is 2.06 bits per heavy atom. The maximum atomic E-state index is 12.1. The van der Waals surface area contributed by atoms with Crippen LogP contribution in [0, 0.1) is 0 Å². The van der Waals surface area contributed by atoms with Crippen LogP contribution in [-0.2, 0) is 4.79 Å². The number of imide groups is 1. The van der Waals surface area contributed by atoms with Gasteiger partial charge in [0.2, 0.25) is 0 Å². The van der Waals surface area contributed by atoms with Gasteiger partial charge in [-0.2, -0.15) is 0 Å². The molecule has 1 aromatic heterocycles. The van der Waals surface area contributed by atoms with Gasteiger partial charge in [-0.1, -0.05) is 6.92 Å². The zero-order valence-corrected chi connectivity index (χ0v) is 9.79. The van der Waals surface area contributed by atoms with Gasteiger partial charge in [0, 0.05) is 12.4 Å². The summed E-state index contributed by atoms with van der Waals surface area (Å²) in [6, 6.07) is 0.859. The molecular formula is C12H12N2O4. The van der Waals surface area contributed by atoms with Gasteiger partial charge in [-0.05, 0) is 12.5 Å². The van der Waals surface area contributed by atoms with E-state index >= 15 is 0 Å². The quantitative estimate of drug-likeness (QED) is 0.801. The summed E-state index contributed by atoms with van der Waals surface area (Å²) in [4.78, 5) is 39.7. The number of carboxylic acids is 1. The summed E-state index contributed by atoms with van der Waals surface area (Å²) in [6.45, 7) is 1.75. The summed E-state index contributed by atoms with van der Waals surface area (Å²) in [5.74, 6) is -1.93. The van der Waals surface area contributed by atoms with Crippen molar-refractivity contribution in [1.82, 2.24) is 9.88 Å². The van der Waals surface area contributed by atoms with Crippen LogP contribution < -0.4 is 0 Å². The van der Waals surface area contributed by atoms with E-state index in [4.69, 9.17) is 5.11 Å². The van der Waals surface area contributed by atoms with Crippen LogP contribution in [0.2, 0.25) is 0 Å². The fourth-order valence-electron chi connectivity index (χ4n) is 2.05. The Bertz CT molecular complexity index is 492. The number of pyridine rings is 1. The van der Waals surface area contributed by atoms with Crippen molar-refractivity contribution in [3.05, 3.63) is 29.6 Å². The summed E-state index contributed by atoms with van der Waals surface area (Å²) < 4.78 is 0. The van der Waals surface area contributed by atoms with E-state index in [1.807, 2.05) is 0 Å². The number of aliphatic carboxylic acids is 1. The normalized spacial score (nSPS) is 15.7. The minimum Gasteiger partial charge on any atom is -0.481 e. The summed E-state index contributed by atoms with van der Waals surface area (Å²) in [7, 11) is 0. The number of hydrogen-bond acceptors (Lipinski definition) is 4. The lowest BCUT2D eigenvalue weighted by molar-refractivity contribution is -0.137. The number of carbonyl (C=O) groups excluding carboxylic acids is 2. The monoisotopic (exact) mass is 248 g/mol. The highest BCUT2D eigenvalue weighted by atomic mass is 16.4. The van der Waals surface area contributed by atoms with Crippen molar-refractivity contribution in [2.45, 2.75) is 25.8 Å². The van der Waals surface area contributed by atoms with Gasteiger partial charge in [0.1, 0.15) is 0 Å². The van der Waals surface area contributed by atoms with E-state index in [-0.39, 0.29) is 12.0 Å². The highest BCUT2D eigenvalue weighted by Crippen LogP contribution is 2.25. The first kappa shape index (κ1) is 12.2. The Labute approximate surface area is 103 Å². The summed E-state index contributed by atoms with van der Waals surface area (Å²) in [5.41, 5.74) is 0.533. The molecule has 94 valence electrons. The van der Waals surface area contributed by atoms with E-state index in [0.29, 0.717) is 12.0 Å². The molecule has 0 radical (unpaired) electrons. The second-order valence-corrected chi connectivity index (χ2v) is 4.06. The minimum absolute atomic E-state index is 0.241. The number of carboxylic acid groups (broad SMARTS) is 1. The maximum absolute atomic E-state index is 12.1. The highest BCUT2D eigenvalue weighted by molar-refractivity contribution is 6.21. The van der Waals surface area contributed by atoms with Crippen LogP contribution in [0.3, 0.4) is 0 Å². The number of carbonyl (C=O) groups is 3. The van der Waals surface area contributed by atoms with Crippen LogP contribution in [0.1, 0.15) is 40.5 Å². The Kier molecular flexibility index (Phi) is 3.10. The van der Waals surface area contributed by atoms with Gasteiger partial charge in [0.15, 0.2) is 0 Å². The predicted molar refractivity (Wildman–Crippen MR) is 61.1 cm³/mol. The third-order valence-corrected chi connectivity index (χ3v) is 2.97. The molecule has 2 heterocycles. The molecule has 0 bridgehead atoms. The Morgan fingerprint density at radius 1 is 1.39 bits per heavy atom. The first-order chi connectivity index (χ1) is 8.56. The molecule has 6 heteroatoms. The van der Waals surface area contributed by atoms with Crippen LogP contribution in [0.25, 0.3) is 0 Å². The van der Waals surface area contributed by atoms with Crippen molar-refractivity contribution in [2.75, 3.05) is 0 Å². The topological polar surface area (TPSA) is 87.6 Å². The van der Waals surface area contributed by atoms with E-state index in [9.17, 15) is 14.4 Å². The number of hydrogen-bond donors (Lipinski definition) is 1. The van der Waals surface area contributed by atoms with E-state index < -0.39 is 23.8 Å². The molecule has 1 atom stereocenters. The summed E-state index contributed by atoms with van der Waals surface area (Å²) in [5, 5.41) is 8.80. The molecule has 1 aliphatic rings. The number of amides is 2. The van der Waals surface area contributed by atoms with Crippen molar-refractivity contribution in [3.8, 4) is 0 Å². The van der Waals surface area contributed by atoms with Crippen molar-refractivity contribution < 1.29 is 19.5 Å². The molecule has 1 unspecified atom stereocenters. The maximum Gasteiger partial charge on any atom is 0.305 e. The second-order valence-electron chi connectivity index (χ2n) is 4.06. The van der Waals surface area contributed by atoms with Crippen LogP contribution in [-0.4, -0.2) is 38.8 Å². The number of nitrogens with zero attached hydrogens (tertiary/aromatic N) is 2. The van der Waals surface area contributed by atoms with Crippen molar-refractivity contribution in [2.24, 2.45) is 0 Å². The first-order valence-corrected chi connectivity index (χ1v) is 5.60. The Hall–Kier alpha value is -2.24. The molecule has 0 saturated heterocycles. The zero-order valence-electron chi connectivity index (χ0n) is 9.79. The van der Waals surface area contributed by atoms with Gasteiger partial charge in [-0.15, -0.1) is 0 Å². The van der Waals surface area contributed by atoms with Gasteiger partial charge in [0.25, 0.3) is 11.8 Å². The molecule has 18 heavy (non-hydrogen) atoms. The smallest absolute Gasteiger partial charge is 0.305 e. The molecule has 1 N–H and O–H groups in total. The van der Waals surface area contributed by atoms with Crippen molar-refractivity contribution >= 4 is 17.8 Å². The lowest BCUT2D eigenvalue weighted by Gasteiger charge is -2.23. The van der Waals surface area contributed by atoms with Crippen molar-refractivity contribution in [1.29, 1.82) is 0 Å². The number of fused-ring (bicyclic) bond motifs is 1. The van der Waals surface area contributed by atoms with E-state index in [2.05, 4.69) is 4.98 Å². The fraction of sp³-hybridized carbons (Fsp3) is 0.333. The lowest BCUT2D eigenvalue weighted by atomic mass is 10.1. The molecule has 0 fully saturated rings. The third-order valence-electron chi connectivity index (χ3n) is 2.97. The zero-order chi connectivity index (χ0) is 13.3. The second kappa shape index (κ2) is 4.56. The van der Waals surface area contributed by atoms with Crippen LogP contribution >= 0.6 is 0 Å². The molecule has 0 aromatic carbocycles. The average molecular weight is 248 g/mol. The van der Waals surface area contributed by atoms with E-state index in [1.54, 1.807) is 6.92 Å². The van der Waals surface area contributed by atoms with E-state index in [1.165, 1.54) is 18.5 Å². The molecule has 2 amide bonds. The van der Waals surface area contributed by atoms with Gasteiger partial charge in [-0.25, -0.2) is 0 Å². The van der Waals surface area contributed by atoms with Crippen LogP contribution in [0.4, 0.5) is 0 Å². The molecular weight excluding hydrogens is 236 g/mol. The van der Waals surface area contributed by atoms with Crippen molar-refractivity contribution in [3.63, 3.8) is 0 Å². The highest BCUT2D eigenvalue weighted by Gasteiger charge is 2.39. The van der Waals surface area contributed by atoms with Crippen LogP contribution in [0.15, 0.2) is 18.5 Å². The summed E-state index contributed by atoms with van der Waals surface area (Å²) >= 11 is 0. The summed E-state index contributed by atoms with van der Waals surface area (Å²) in [6.07, 6.45) is 2.94. The molecule has 6 nitrogen and oxygen atoms in total. The van der Waals surface area contributed by atoms with Gasteiger partial charge < -0.3 is 5.11 Å². The molecule has 1 aliphatic heterocycles. The lowest BCUT2D eigenvalue weighted by Crippen LogP contribution is -2.40. The van der Waals surface area contributed by atoms with Crippen LogP contribution in [0.5, 0.6) is 0 Å². The largest absolute Gasteiger partial charge is 0.481 e. The average Bonchev–Trinajstić information content (AvgIpc) is 2.60.